The number of H-pyrrole nitrogens is 1. The summed E-state index contributed by atoms with van der Waals surface area (Å²) in [5.41, 5.74) is 5.27. The molecule has 0 radical (unpaired) electrons. The number of methoxy groups -OCH3 is 1. The van der Waals surface area contributed by atoms with Crippen LogP contribution in [-0.4, -0.2) is 103 Å². The number of hydrogen-bond acceptors (Lipinski definition) is 15. The van der Waals surface area contributed by atoms with Crippen LogP contribution in [0.2, 0.25) is 0 Å². The van der Waals surface area contributed by atoms with Crippen LogP contribution in [0.5, 0.6) is 0 Å². The molecule has 2 aliphatic rings. The molecule has 5 heterocycles. The van der Waals surface area contributed by atoms with Gasteiger partial charge in [-0.15, -0.1) is 9.05 Å². The molecule has 5 rings (SSSR count). The summed E-state index contributed by atoms with van der Waals surface area (Å²) >= 11 is 0. The zero-order chi connectivity index (χ0) is 29.1. The molecule has 0 aliphatic carbocycles. The van der Waals surface area contributed by atoms with E-state index < -0.39 is 69.1 Å². The minimum absolute atomic E-state index is 0.0533. The van der Waals surface area contributed by atoms with Gasteiger partial charge in [-0.1, -0.05) is 0 Å². The average Bonchev–Trinajstić information content (AvgIpc) is 3.64. The highest BCUT2D eigenvalue weighted by molar-refractivity contribution is 7.33. The topological polar surface area (TPSA) is 237 Å². The summed E-state index contributed by atoms with van der Waals surface area (Å²) in [4.78, 5) is 38.3. The molecule has 0 amide bonds. The van der Waals surface area contributed by atoms with Gasteiger partial charge in [0.25, 0.3) is 5.56 Å². The molecule has 0 bridgehead atoms. The molecule has 2 fully saturated rings. The summed E-state index contributed by atoms with van der Waals surface area (Å²) in [6, 6.07) is 1.12. The van der Waals surface area contributed by atoms with E-state index in [2.05, 4.69) is 19.9 Å². The van der Waals surface area contributed by atoms with E-state index in [4.69, 9.17) is 33.7 Å². The largest absolute Gasteiger partial charge is 0.697 e. The fraction of sp³-hybridized carbons (Fsp3) is 0.591. The van der Waals surface area contributed by atoms with Gasteiger partial charge in [0.2, 0.25) is 0 Å². The van der Waals surface area contributed by atoms with Crippen LogP contribution in [0.15, 0.2) is 34.5 Å². The smallest absolute Gasteiger partial charge is 0.394 e. The van der Waals surface area contributed by atoms with Gasteiger partial charge in [-0.3, -0.25) is 18.9 Å². The SMILES string of the molecule is COCCOC1C(O[P+](=O)OCC2OC(n3cnc4c(N)ncnc43)CC2O)C(CO)OC1n1ccc(=O)[nH]c1=O. The van der Waals surface area contributed by atoms with Crippen molar-refractivity contribution < 1.29 is 42.8 Å². The maximum absolute atomic E-state index is 12.9. The number of hydrogen-bond donors (Lipinski definition) is 4. The van der Waals surface area contributed by atoms with Gasteiger partial charge in [0, 0.05) is 30.4 Å². The quantitative estimate of drug-likeness (QED) is 0.138. The average molecular weight is 598 g/mol. The Morgan fingerprint density at radius 3 is 2.76 bits per heavy atom. The monoisotopic (exact) mass is 598 g/mol. The number of aliphatic hydroxyl groups excluding tert-OH is 2. The number of anilines is 1. The van der Waals surface area contributed by atoms with Gasteiger partial charge in [0.1, 0.15) is 43.0 Å². The zero-order valence-corrected chi connectivity index (χ0v) is 22.6. The molecule has 0 spiro atoms. The second-order valence-electron chi connectivity index (χ2n) is 9.20. The number of aromatic nitrogens is 6. The second kappa shape index (κ2) is 12.8. The Hall–Kier alpha value is -3.19. The third kappa shape index (κ3) is 6.20. The molecule has 18 nitrogen and oxygen atoms in total. The van der Waals surface area contributed by atoms with Gasteiger partial charge >= 0.3 is 13.9 Å². The van der Waals surface area contributed by atoms with Crippen LogP contribution in [0.4, 0.5) is 5.82 Å². The van der Waals surface area contributed by atoms with E-state index in [0.29, 0.717) is 11.2 Å². The van der Waals surface area contributed by atoms with Crippen LogP contribution >= 0.6 is 8.25 Å². The van der Waals surface area contributed by atoms with Crippen LogP contribution in [0.1, 0.15) is 18.9 Å². The first kappa shape index (κ1) is 29.3. The van der Waals surface area contributed by atoms with E-state index in [1.165, 1.54) is 26.0 Å². The number of fused-ring (bicyclic) bond motifs is 1. The highest BCUT2D eigenvalue weighted by Gasteiger charge is 2.52. The van der Waals surface area contributed by atoms with Crippen LogP contribution in [0.3, 0.4) is 0 Å². The first-order valence-corrected chi connectivity index (χ1v) is 13.6. The number of aliphatic hydroxyl groups is 2. The lowest BCUT2D eigenvalue weighted by Gasteiger charge is -2.22. The highest BCUT2D eigenvalue weighted by atomic mass is 31.1. The maximum Gasteiger partial charge on any atom is 0.697 e. The highest BCUT2D eigenvalue weighted by Crippen LogP contribution is 2.40. The molecule has 0 saturated carbocycles. The van der Waals surface area contributed by atoms with Crippen molar-refractivity contribution in [3.8, 4) is 0 Å². The fourth-order valence-electron chi connectivity index (χ4n) is 4.66. The number of nitrogen functional groups attached to an aromatic ring is 1. The Bertz CT molecular complexity index is 1480. The zero-order valence-electron chi connectivity index (χ0n) is 21.7. The fourth-order valence-corrected chi connectivity index (χ4v) is 5.44. The molecular formula is C22H29N7O11P+. The van der Waals surface area contributed by atoms with Crippen molar-refractivity contribution in [3.05, 3.63) is 45.8 Å². The number of nitrogens with two attached hydrogens (primary N) is 1. The summed E-state index contributed by atoms with van der Waals surface area (Å²) in [5.74, 6) is 0.204. The van der Waals surface area contributed by atoms with Crippen LogP contribution < -0.4 is 17.0 Å². The maximum atomic E-state index is 12.9. The number of imidazole rings is 1. The van der Waals surface area contributed by atoms with Crippen LogP contribution in [0.25, 0.3) is 11.2 Å². The van der Waals surface area contributed by atoms with Gasteiger partial charge in [0.15, 0.2) is 23.8 Å². The van der Waals surface area contributed by atoms with E-state index in [-0.39, 0.29) is 32.1 Å². The first-order valence-electron chi connectivity index (χ1n) is 12.5. The van der Waals surface area contributed by atoms with Crippen LogP contribution in [-0.2, 0) is 32.6 Å². The Morgan fingerprint density at radius 1 is 1.17 bits per heavy atom. The third-order valence-electron chi connectivity index (χ3n) is 6.64. The molecule has 3 aromatic rings. The minimum atomic E-state index is -2.84. The predicted molar refractivity (Wildman–Crippen MR) is 137 cm³/mol. The van der Waals surface area contributed by atoms with E-state index in [1.54, 1.807) is 4.57 Å². The molecule has 2 saturated heterocycles. The normalized spacial score (nSPS) is 28.5. The van der Waals surface area contributed by atoms with E-state index in [9.17, 15) is 24.4 Å². The van der Waals surface area contributed by atoms with Gasteiger partial charge in [-0.2, -0.15) is 0 Å². The Kier molecular flexibility index (Phi) is 9.12. The van der Waals surface area contributed by atoms with Crippen LogP contribution in [0, 0.1) is 0 Å². The van der Waals surface area contributed by atoms with E-state index in [0.717, 1.165) is 10.6 Å². The van der Waals surface area contributed by atoms with Crippen molar-refractivity contribution in [2.24, 2.45) is 0 Å². The number of aromatic amines is 1. The second-order valence-corrected chi connectivity index (χ2v) is 10.1. The number of ether oxygens (including phenoxy) is 4. The van der Waals surface area contributed by atoms with Crippen molar-refractivity contribution in [1.82, 2.24) is 29.1 Å². The van der Waals surface area contributed by atoms with Crippen molar-refractivity contribution in [1.29, 1.82) is 0 Å². The van der Waals surface area contributed by atoms with Gasteiger partial charge < -0.3 is 34.9 Å². The van der Waals surface area contributed by atoms with Crippen molar-refractivity contribution in [2.75, 3.05) is 39.3 Å². The molecule has 5 N–H and O–H groups in total. The van der Waals surface area contributed by atoms with Crippen molar-refractivity contribution in [2.45, 2.75) is 49.4 Å². The van der Waals surface area contributed by atoms with Crippen molar-refractivity contribution in [3.63, 3.8) is 0 Å². The number of nitrogens with one attached hydrogen (secondary N) is 1. The molecule has 2 aliphatic heterocycles. The Labute approximate surface area is 231 Å². The van der Waals surface area contributed by atoms with E-state index >= 15 is 0 Å². The molecule has 19 heteroatoms. The first-order chi connectivity index (χ1) is 19.8. The standard InChI is InChI=1S/C22H28N7O11P/c1-35-4-5-36-18-17(12(7-30)39-21(18)28-3-2-14(32)27-22(28)33)40-41(34)37-8-13-11(31)6-15(38-13)29-10-26-16-19(23)24-9-25-20(16)29/h2-3,9-13,15,17-18,21,30-31H,4-8H2,1H3,(H2-,23,24,25,27,32,33)/p+1. The summed E-state index contributed by atoms with van der Waals surface area (Å²) in [6.45, 7) is -0.624. The third-order valence-corrected chi connectivity index (χ3v) is 7.42. The molecule has 3 aromatic heterocycles. The van der Waals surface area contributed by atoms with Gasteiger partial charge in [0.05, 0.1) is 32.3 Å². The number of rotatable bonds is 12. The molecule has 0 aromatic carbocycles. The summed E-state index contributed by atoms with van der Waals surface area (Å²) < 4.78 is 49.0. The Balaban J connectivity index is 1.24. The molecule has 8 unspecified atom stereocenters. The molecular weight excluding hydrogens is 569 g/mol. The van der Waals surface area contributed by atoms with Crippen molar-refractivity contribution >= 4 is 25.2 Å². The lowest BCUT2D eigenvalue weighted by molar-refractivity contribution is -0.0813. The molecule has 8 atom stereocenters. The van der Waals surface area contributed by atoms with E-state index in [1.807, 2.05) is 0 Å². The summed E-state index contributed by atoms with van der Waals surface area (Å²) in [6.07, 6.45) is -2.71. The van der Waals surface area contributed by atoms with Gasteiger partial charge in [-0.05, 0) is 0 Å². The molecule has 41 heavy (non-hydrogen) atoms. The lowest BCUT2D eigenvalue weighted by atomic mass is 10.1. The van der Waals surface area contributed by atoms with Gasteiger partial charge in [-0.25, -0.2) is 19.7 Å². The predicted octanol–water partition coefficient (Wildman–Crippen LogP) is -1.41. The minimum Gasteiger partial charge on any atom is -0.394 e. The summed E-state index contributed by atoms with van der Waals surface area (Å²) in [5, 5.41) is 20.5. The Morgan fingerprint density at radius 2 is 2.00 bits per heavy atom. The number of nitrogens with zero attached hydrogens (tertiary/aromatic N) is 5. The lowest BCUT2D eigenvalue weighted by Crippen LogP contribution is -2.40. The molecule has 222 valence electrons. The summed E-state index contributed by atoms with van der Waals surface area (Å²) in [7, 11) is -1.37.